The van der Waals surface area contributed by atoms with Crippen molar-refractivity contribution >= 4 is 10.9 Å². The van der Waals surface area contributed by atoms with Crippen LogP contribution in [0.3, 0.4) is 0 Å². The number of pyridine rings is 2. The first-order valence-corrected chi connectivity index (χ1v) is 11.0. The Morgan fingerprint density at radius 2 is 1.91 bits per heavy atom. The van der Waals surface area contributed by atoms with E-state index in [1.165, 1.54) is 6.07 Å². The minimum Gasteiger partial charge on any atom is -0.380 e. The molecule has 0 N–H and O–H groups in total. The van der Waals surface area contributed by atoms with Crippen molar-refractivity contribution in [1.82, 2.24) is 14.5 Å². The maximum absolute atomic E-state index is 14.6. The topological polar surface area (TPSA) is 47.4 Å². The number of halogens is 2. The first kappa shape index (κ1) is 21.2. The molecule has 1 saturated heterocycles. The van der Waals surface area contributed by atoms with Gasteiger partial charge < -0.3 is 9.30 Å². The molecule has 168 valence electrons. The van der Waals surface area contributed by atoms with E-state index in [0.717, 1.165) is 27.8 Å². The Hall–Kier alpha value is -2.64. The van der Waals surface area contributed by atoms with Crippen molar-refractivity contribution in [2.75, 3.05) is 20.2 Å². The molecule has 0 atom stereocenters. The maximum atomic E-state index is 14.6. The predicted molar refractivity (Wildman–Crippen MR) is 120 cm³/mol. The number of hydrogen-bond donors (Lipinski definition) is 0. The lowest BCUT2D eigenvalue weighted by Crippen LogP contribution is -2.57. The Bertz CT molecular complexity index is 1310. The van der Waals surface area contributed by atoms with Gasteiger partial charge in [-0.3, -0.25) is 9.69 Å². The van der Waals surface area contributed by atoms with Gasteiger partial charge in [-0.05, 0) is 49.1 Å². The Balaban J connectivity index is 1.69. The summed E-state index contributed by atoms with van der Waals surface area (Å²) in [6.45, 7) is 7.45. The highest BCUT2D eigenvalue weighted by atomic mass is 19.1. The molecular weight excluding hydrogens is 412 g/mol. The van der Waals surface area contributed by atoms with E-state index >= 15 is 0 Å². The van der Waals surface area contributed by atoms with Crippen molar-refractivity contribution in [2.45, 2.75) is 52.6 Å². The molecule has 4 heterocycles. The summed E-state index contributed by atoms with van der Waals surface area (Å²) < 4.78 is 35.9. The summed E-state index contributed by atoms with van der Waals surface area (Å²) in [5.74, 6) is -0.310. The van der Waals surface area contributed by atoms with E-state index in [4.69, 9.17) is 9.72 Å². The summed E-state index contributed by atoms with van der Waals surface area (Å²) in [5.41, 5.74) is 4.77. The minimum atomic E-state index is -1.14. The molecular formula is C25H27F2N3O2. The van der Waals surface area contributed by atoms with Crippen LogP contribution >= 0.6 is 0 Å². The van der Waals surface area contributed by atoms with Crippen LogP contribution in [0.25, 0.3) is 22.3 Å². The second-order valence-corrected chi connectivity index (χ2v) is 9.20. The van der Waals surface area contributed by atoms with E-state index in [2.05, 4.69) is 4.90 Å². The molecule has 0 unspecified atom stereocenters. The fraction of sp³-hybridized carbons (Fsp3) is 0.440. The fourth-order valence-corrected chi connectivity index (χ4v) is 5.02. The van der Waals surface area contributed by atoms with E-state index in [0.29, 0.717) is 54.9 Å². The molecule has 5 nitrogen and oxygen atoms in total. The number of likely N-dealkylation sites (tertiary alicyclic amines) is 1. The van der Waals surface area contributed by atoms with Crippen molar-refractivity contribution < 1.29 is 13.5 Å². The molecule has 7 heteroatoms. The van der Waals surface area contributed by atoms with E-state index < -0.39 is 5.67 Å². The number of fused-ring (bicyclic) bond motifs is 4. The number of methoxy groups -OCH3 is 1. The van der Waals surface area contributed by atoms with Gasteiger partial charge in [0.1, 0.15) is 11.5 Å². The Kier molecular flexibility index (Phi) is 4.94. The van der Waals surface area contributed by atoms with Crippen LogP contribution < -0.4 is 5.56 Å². The van der Waals surface area contributed by atoms with Crippen LogP contribution in [0.1, 0.15) is 41.2 Å². The number of ether oxygens (including phenoxy) is 1. The molecule has 3 aromatic rings. The number of aryl methyl sites for hydroxylation is 2. The third kappa shape index (κ3) is 3.18. The lowest BCUT2D eigenvalue weighted by atomic mass is 9.91. The van der Waals surface area contributed by atoms with E-state index in [1.807, 2.05) is 26.0 Å². The van der Waals surface area contributed by atoms with Gasteiger partial charge in [0, 0.05) is 49.3 Å². The van der Waals surface area contributed by atoms with Gasteiger partial charge in [-0.2, -0.15) is 0 Å². The zero-order valence-electron chi connectivity index (χ0n) is 18.9. The summed E-state index contributed by atoms with van der Waals surface area (Å²) in [5, 5.41) is 0.866. The van der Waals surface area contributed by atoms with Crippen molar-refractivity contribution in [3.63, 3.8) is 0 Å². The highest BCUT2D eigenvalue weighted by Crippen LogP contribution is 2.39. The Morgan fingerprint density at radius 1 is 1.16 bits per heavy atom. The Morgan fingerprint density at radius 3 is 2.59 bits per heavy atom. The van der Waals surface area contributed by atoms with Gasteiger partial charge in [0.2, 0.25) is 0 Å². The largest absolute Gasteiger partial charge is 0.380 e. The van der Waals surface area contributed by atoms with E-state index in [9.17, 15) is 13.6 Å². The Labute approximate surface area is 185 Å². The summed E-state index contributed by atoms with van der Waals surface area (Å²) in [4.78, 5) is 20.1. The van der Waals surface area contributed by atoms with Gasteiger partial charge in [0.15, 0.2) is 0 Å². The second-order valence-electron chi connectivity index (χ2n) is 9.20. The van der Waals surface area contributed by atoms with Crippen LogP contribution in [0.2, 0.25) is 0 Å². The van der Waals surface area contributed by atoms with E-state index in [1.54, 1.807) is 18.6 Å². The van der Waals surface area contributed by atoms with Crippen LogP contribution in [-0.4, -0.2) is 40.3 Å². The van der Waals surface area contributed by atoms with E-state index in [-0.39, 0.29) is 18.0 Å². The molecule has 2 aliphatic heterocycles. The lowest BCUT2D eigenvalue weighted by molar-refractivity contribution is -0.0392. The normalized spacial score (nSPS) is 16.8. The van der Waals surface area contributed by atoms with Crippen LogP contribution in [0.4, 0.5) is 8.78 Å². The van der Waals surface area contributed by atoms with Crippen molar-refractivity contribution in [1.29, 1.82) is 0 Å². The third-order valence-corrected chi connectivity index (χ3v) is 6.98. The van der Waals surface area contributed by atoms with Gasteiger partial charge in [0.25, 0.3) is 5.56 Å². The molecule has 32 heavy (non-hydrogen) atoms. The summed E-state index contributed by atoms with van der Waals surface area (Å²) >= 11 is 0. The summed E-state index contributed by atoms with van der Waals surface area (Å²) in [7, 11) is 1.57. The first-order valence-electron chi connectivity index (χ1n) is 11.0. The zero-order valence-corrected chi connectivity index (χ0v) is 18.9. The minimum absolute atomic E-state index is 0.0880. The van der Waals surface area contributed by atoms with Crippen LogP contribution in [0.5, 0.6) is 0 Å². The predicted octanol–water partition coefficient (Wildman–Crippen LogP) is 4.26. The number of alkyl halides is 1. The van der Waals surface area contributed by atoms with Gasteiger partial charge in [-0.15, -0.1) is 0 Å². The number of hydrogen-bond acceptors (Lipinski definition) is 4. The van der Waals surface area contributed by atoms with Gasteiger partial charge in [0.05, 0.1) is 30.1 Å². The average molecular weight is 440 g/mol. The van der Waals surface area contributed by atoms with Crippen LogP contribution in [-0.2, 0) is 24.4 Å². The van der Waals surface area contributed by atoms with Crippen molar-refractivity contribution in [2.24, 2.45) is 0 Å². The maximum Gasteiger partial charge on any atom is 0.257 e. The molecule has 0 spiro atoms. The van der Waals surface area contributed by atoms with Crippen molar-refractivity contribution in [3.05, 3.63) is 62.2 Å². The molecule has 0 radical (unpaired) electrons. The molecule has 0 saturated carbocycles. The smallest absolute Gasteiger partial charge is 0.257 e. The molecule has 0 aliphatic carbocycles. The monoisotopic (exact) mass is 439 g/mol. The molecule has 0 bridgehead atoms. The van der Waals surface area contributed by atoms with Crippen LogP contribution in [0, 0.1) is 19.7 Å². The van der Waals surface area contributed by atoms with Gasteiger partial charge in [-0.1, -0.05) is 6.92 Å². The molecule has 2 aromatic heterocycles. The van der Waals surface area contributed by atoms with Crippen molar-refractivity contribution in [3.8, 4) is 11.4 Å². The SMILES string of the molecule is CCC1(F)CN(Cc2c3c(nc4cc(F)c(C)cc24)-c2cc(C)c(COC)c(=O)n2C3)C1. The second kappa shape index (κ2) is 7.46. The van der Waals surface area contributed by atoms with Gasteiger partial charge >= 0.3 is 0 Å². The number of aromatic nitrogens is 2. The lowest BCUT2D eigenvalue weighted by Gasteiger charge is -2.44. The molecule has 2 aliphatic rings. The highest BCUT2D eigenvalue weighted by Gasteiger charge is 2.42. The number of rotatable bonds is 5. The number of benzene rings is 1. The summed E-state index contributed by atoms with van der Waals surface area (Å²) in [6, 6.07) is 5.24. The number of nitrogens with zero attached hydrogens (tertiary/aromatic N) is 3. The zero-order chi connectivity index (χ0) is 22.8. The van der Waals surface area contributed by atoms with Crippen LogP contribution in [0.15, 0.2) is 23.0 Å². The molecule has 1 aromatic carbocycles. The van der Waals surface area contributed by atoms with Gasteiger partial charge in [-0.25, -0.2) is 13.8 Å². The average Bonchev–Trinajstić information content (AvgIpc) is 3.09. The molecule has 0 amide bonds. The third-order valence-electron chi connectivity index (χ3n) is 6.98. The fourth-order valence-electron chi connectivity index (χ4n) is 5.02. The summed E-state index contributed by atoms with van der Waals surface area (Å²) in [6.07, 6.45) is 0.491. The molecule has 1 fully saturated rings. The highest BCUT2D eigenvalue weighted by molar-refractivity contribution is 5.88. The molecule has 5 rings (SSSR count). The first-order chi connectivity index (χ1) is 15.2. The standard InChI is InChI=1S/C25H27F2N3O2/c1-5-25(27)12-29(13-25)9-17-16-6-15(3)20(26)8-21(16)28-23-18(17)10-30-22(23)7-14(2)19(11-32-4)24(30)31/h6-8H,5,9-13H2,1-4H3. The quantitative estimate of drug-likeness (QED) is 0.466.